The lowest BCUT2D eigenvalue weighted by Gasteiger charge is -2.36. The minimum absolute atomic E-state index is 0.0911. The van der Waals surface area contributed by atoms with Crippen molar-refractivity contribution < 1.29 is 9.32 Å². The molecule has 1 atom stereocenters. The fraction of sp³-hybridized carbons (Fsp3) is 0.562. The summed E-state index contributed by atoms with van der Waals surface area (Å²) in [5, 5.41) is 3.85. The first-order chi connectivity index (χ1) is 11.0. The van der Waals surface area contributed by atoms with Gasteiger partial charge in [0.2, 0.25) is 11.8 Å². The molecule has 3 rings (SSSR count). The molecule has 0 N–H and O–H groups in total. The number of piperazine rings is 1. The van der Waals surface area contributed by atoms with E-state index in [0.29, 0.717) is 18.1 Å². The molecule has 1 aliphatic rings. The van der Waals surface area contributed by atoms with Crippen molar-refractivity contribution in [2.24, 2.45) is 0 Å². The van der Waals surface area contributed by atoms with Gasteiger partial charge >= 0.3 is 0 Å². The van der Waals surface area contributed by atoms with Gasteiger partial charge in [0.15, 0.2) is 5.82 Å². The fourth-order valence-corrected chi connectivity index (χ4v) is 3.72. The molecule has 1 unspecified atom stereocenters. The van der Waals surface area contributed by atoms with Crippen LogP contribution in [0.4, 0.5) is 0 Å². The minimum atomic E-state index is 0.0911. The van der Waals surface area contributed by atoms with Crippen molar-refractivity contribution in [1.82, 2.24) is 19.9 Å². The van der Waals surface area contributed by atoms with Gasteiger partial charge in [-0.2, -0.15) is 4.98 Å². The number of amides is 1. The number of nitrogens with zero attached hydrogens (tertiary/aromatic N) is 4. The largest absolute Gasteiger partial charge is 0.340 e. The summed E-state index contributed by atoms with van der Waals surface area (Å²) in [6.07, 6.45) is 0.511. The van der Waals surface area contributed by atoms with Crippen molar-refractivity contribution in [3.63, 3.8) is 0 Å². The quantitative estimate of drug-likeness (QED) is 0.858. The number of hydrogen-bond donors (Lipinski definition) is 0. The van der Waals surface area contributed by atoms with E-state index in [9.17, 15) is 4.79 Å². The van der Waals surface area contributed by atoms with Gasteiger partial charge in [-0.15, -0.1) is 11.3 Å². The van der Waals surface area contributed by atoms with Crippen LogP contribution in [-0.2, 0) is 11.2 Å². The highest BCUT2D eigenvalue weighted by Gasteiger charge is 2.27. The predicted molar refractivity (Wildman–Crippen MR) is 88.4 cm³/mol. The summed E-state index contributed by atoms with van der Waals surface area (Å²) in [6.45, 7) is 9.12. The van der Waals surface area contributed by atoms with Crippen LogP contribution >= 0.6 is 11.3 Å². The van der Waals surface area contributed by atoms with Crippen LogP contribution < -0.4 is 0 Å². The van der Waals surface area contributed by atoms with Gasteiger partial charge in [0, 0.05) is 35.9 Å². The average molecular weight is 334 g/mol. The molecule has 3 heterocycles. The predicted octanol–water partition coefficient (Wildman–Crippen LogP) is 2.20. The van der Waals surface area contributed by atoms with Crippen molar-refractivity contribution in [1.29, 1.82) is 0 Å². The molecule has 23 heavy (non-hydrogen) atoms. The third-order valence-corrected chi connectivity index (χ3v) is 5.24. The number of carbonyl (C=O) groups is 1. The van der Waals surface area contributed by atoms with Gasteiger partial charge in [-0.25, -0.2) is 0 Å². The highest BCUT2D eigenvalue weighted by molar-refractivity contribution is 7.12. The summed E-state index contributed by atoms with van der Waals surface area (Å²) >= 11 is 1.70. The monoisotopic (exact) mass is 334 g/mol. The van der Waals surface area contributed by atoms with Crippen LogP contribution in [0.1, 0.15) is 34.4 Å². The van der Waals surface area contributed by atoms with Crippen LogP contribution in [0, 0.1) is 13.8 Å². The van der Waals surface area contributed by atoms with Crippen molar-refractivity contribution >= 4 is 17.2 Å². The van der Waals surface area contributed by atoms with Crippen LogP contribution in [0.2, 0.25) is 0 Å². The Morgan fingerprint density at radius 3 is 2.61 bits per heavy atom. The normalized spacial score (nSPS) is 17.4. The molecule has 0 aliphatic carbocycles. The third-order valence-electron chi connectivity index (χ3n) is 4.24. The zero-order valence-electron chi connectivity index (χ0n) is 13.8. The molecule has 1 amide bonds. The molecule has 0 saturated carbocycles. The lowest BCUT2D eigenvalue weighted by atomic mass is 10.2. The molecule has 2 aromatic heterocycles. The van der Waals surface area contributed by atoms with Gasteiger partial charge in [0.25, 0.3) is 0 Å². The van der Waals surface area contributed by atoms with Gasteiger partial charge < -0.3 is 9.42 Å². The number of hydrogen-bond acceptors (Lipinski definition) is 6. The highest BCUT2D eigenvalue weighted by Crippen LogP contribution is 2.21. The summed E-state index contributed by atoms with van der Waals surface area (Å²) in [6, 6.07) is 4.21. The van der Waals surface area contributed by atoms with E-state index < -0.39 is 0 Å². The van der Waals surface area contributed by atoms with Gasteiger partial charge in [-0.3, -0.25) is 9.69 Å². The van der Waals surface area contributed by atoms with Gasteiger partial charge in [0.1, 0.15) is 0 Å². The Labute approximate surface area is 140 Å². The highest BCUT2D eigenvalue weighted by atomic mass is 32.1. The molecule has 1 saturated heterocycles. The minimum Gasteiger partial charge on any atom is -0.340 e. The molecule has 6 nitrogen and oxygen atoms in total. The SMILES string of the molecule is Cc1noc(C(C)N2CCN(C(=O)Cc3ccc(C)s3)CC2)n1. The number of aryl methyl sites for hydroxylation is 2. The first kappa shape index (κ1) is 16.1. The van der Waals surface area contributed by atoms with Gasteiger partial charge in [-0.1, -0.05) is 5.16 Å². The van der Waals surface area contributed by atoms with Crippen molar-refractivity contribution in [2.75, 3.05) is 26.2 Å². The molecule has 0 aromatic carbocycles. The van der Waals surface area contributed by atoms with E-state index in [1.807, 2.05) is 17.9 Å². The molecule has 0 radical (unpaired) electrons. The lowest BCUT2D eigenvalue weighted by molar-refractivity contribution is -0.132. The van der Waals surface area contributed by atoms with Crippen molar-refractivity contribution in [2.45, 2.75) is 33.2 Å². The van der Waals surface area contributed by atoms with E-state index in [-0.39, 0.29) is 11.9 Å². The average Bonchev–Trinajstić information content (AvgIpc) is 3.15. The number of rotatable bonds is 4. The number of aromatic nitrogens is 2. The Morgan fingerprint density at radius 2 is 2.04 bits per heavy atom. The fourth-order valence-electron chi connectivity index (χ4n) is 2.84. The van der Waals surface area contributed by atoms with Crippen LogP contribution in [0.5, 0.6) is 0 Å². The zero-order valence-corrected chi connectivity index (χ0v) is 14.6. The van der Waals surface area contributed by atoms with Crippen LogP contribution in [0.25, 0.3) is 0 Å². The van der Waals surface area contributed by atoms with Gasteiger partial charge in [0.05, 0.1) is 12.5 Å². The summed E-state index contributed by atoms with van der Waals surface area (Å²) in [7, 11) is 0. The van der Waals surface area contributed by atoms with Crippen LogP contribution in [-0.4, -0.2) is 52.0 Å². The maximum Gasteiger partial charge on any atom is 0.243 e. The standard InChI is InChI=1S/C16H22N4O2S/c1-11-4-5-14(23-11)10-15(21)20-8-6-19(7-9-20)12(2)16-17-13(3)18-22-16/h4-5,12H,6-10H2,1-3H3. The second kappa shape index (κ2) is 6.80. The molecule has 0 bridgehead atoms. The second-order valence-corrected chi connectivity index (χ2v) is 7.33. The zero-order chi connectivity index (χ0) is 16.4. The molecular formula is C16H22N4O2S. The molecular weight excluding hydrogens is 312 g/mol. The third kappa shape index (κ3) is 3.79. The van der Waals surface area contributed by atoms with E-state index >= 15 is 0 Å². The van der Waals surface area contributed by atoms with E-state index in [2.05, 4.69) is 35.0 Å². The summed E-state index contributed by atoms with van der Waals surface area (Å²) in [5.74, 6) is 1.52. The first-order valence-corrected chi connectivity index (χ1v) is 8.72. The maximum absolute atomic E-state index is 12.4. The maximum atomic E-state index is 12.4. The van der Waals surface area contributed by atoms with Crippen molar-refractivity contribution in [3.05, 3.63) is 33.6 Å². The van der Waals surface area contributed by atoms with E-state index in [1.165, 1.54) is 4.88 Å². The number of thiophene rings is 1. The molecule has 2 aromatic rings. The van der Waals surface area contributed by atoms with E-state index in [0.717, 1.165) is 31.1 Å². The lowest BCUT2D eigenvalue weighted by Crippen LogP contribution is -2.49. The summed E-state index contributed by atoms with van der Waals surface area (Å²) < 4.78 is 5.25. The summed E-state index contributed by atoms with van der Waals surface area (Å²) in [4.78, 5) is 23.3. The van der Waals surface area contributed by atoms with Crippen LogP contribution in [0.3, 0.4) is 0 Å². The molecule has 1 fully saturated rings. The van der Waals surface area contributed by atoms with Crippen LogP contribution in [0.15, 0.2) is 16.7 Å². The molecule has 124 valence electrons. The van der Waals surface area contributed by atoms with Gasteiger partial charge in [-0.05, 0) is 32.9 Å². The first-order valence-electron chi connectivity index (χ1n) is 7.90. The molecule has 1 aliphatic heterocycles. The van der Waals surface area contributed by atoms with E-state index in [4.69, 9.17) is 4.52 Å². The second-order valence-electron chi connectivity index (χ2n) is 5.96. The Morgan fingerprint density at radius 1 is 1.30 bits per heavy atom. The Kier molecular flexibility index (Phi) is 4.77. The molecule has 0 spiro atoms. The smallest absolute Gasteiger partial charge is 0.243 e. The van der Waals surface area contributed by atoms with E-state index in [1.54, 1.807) is 11.3 Å². The molecule has 7 heteroatoms. The number of carbonyl (C=O) groups excluding carboxylic acids is 1. The Hall–Kier alpha value is -1.73. The van der Waals surface area contributed by atoms with Crippen molar-refractivity contribution in [3.8, 4) is 0 Å². The Bertz CT molecular complexity index is 673. The summed E-state index contributed by atoms with van der Waals surface area (Å²) in [5.41, 5.74) is 0. The Balaban J connectivity index is 1.52. The topological polar surface area (TPSA) is 62.5 Å².